The van der Waals surface area contributed by atoms with Crippen molar-refractivity contribution in [3.63, 3.8) is 0 Å². The second kappa shape index (κ2) is 8.43. The smallest absolute Gasteiger partial charge is 0.412 e. The standard InChI is InChI=1S/C16H20ClNO5/c1-5-10(4)14(15(19)20)23-16(21)18-11-6-7-12(17)13(8-11)22-9(2)3/h5-9,14H,1-4H3,(H,18,21)(H,19,20). The van der Waals surface area contributed by atoms with E-state index >= 15 is 0 Å². The molecule has 0 bridgehead atoms. The molecular formula is C16H20ClNO5. The molecule has 1 amide bonds. The molecule has 0 aliphatic rings. The van der Waals surface area contributed by atoms with Gasteiger partial charge < -0.3 is 14.6 Å². The fourth-order valence-electron chi connectivity index (χ4n) is 1.67. The van der Waals surface area contributed by atoms with Crippen molar-refractivity contribution in [1.29, 1.82) is 0 Å². The van der Waals surface area contributed by atoms with E-state index in [9.17, 15) is 9.59 Å². The number of amides is 1. The van der Waals surface area contributed by atoms with Gasteiger partial charge in [-0.3, -0.25) is 5.32 Å². The predicted molar refractivity (Wildman–Crippen MR) is 88.2 cm³/mol. The highest BCUT2D eigenvalue weighted by atomic mass is 35.5. The van der Waals surface area contributed by atoms with E-state index in [1.165, 1.54) is 0 Å². The molecule has 1 unspecified atom stereocenters. The van der Waals surface area contributed by atoms with Crippen molar-refractivity contribution in [2.45, 2.75) is 39.9 Å². The van der Waals surface area contributed by atoms with Gasteiger partial charge in [-0.1, -0.05) is 17.7 Å². The number of halogens is 1. The molecule has 6 nitrogen and oxygen atoms in total. The highest BCUT2D eigenvalue weighted by Gasteiger charge is 2.23. The minimum atomic E-state index is -1.33. The number of ether oxygens (including phenoxy) is 2. The summed E-state index contributed by atoms with van der Waals surface area (Å²) >= 11 is 6.01. The molecule has 1 atom stereocenters. The SMILES string of the molecule is CC=C(C)C(OC(=O)Nc1ccc(Cl)c(OC(C)C)c1)C(=O)O. The van der Waals surface area contributed by atoms with Crippen molar-refractivity contribution >= 4 is 29.4 Å². The van der Waals surface area contributed by atoms with Crippen molar-refractivity contribution in [2.24, 2.45) is 0 Å². The van der Waals surface area contributed by atoms with Crippen LogP contribution in [0.3, 0.4) is 0 Å². The summed E-state index contributed by atoms with van der Waals surface area (Å²) in [4.78, 5) is 23.0. The Labute approximate surface area is 140 Å². The van der Waals surface area contributed by atoms with Gasteiger partial charge in [0.25, 0.3) is 0 Å². The van der Waals surface area contributed by atoms with Crippen LogP contribution in [-0.2, 0) is 9.53 Å². The first-order valence-electron chi connectivity index (χ1n) is 7.04. The Bertz CT molecular complexity index is 612. The number of carboxylic acid groups (broad SMARTS) is 1. The zero-order chi connectivity index (χ0) is 17.6. The first-order chi connectivity index (χ1) is 10.7. The Morgan fingerprint density at radius 3 is 2.52 bits per heavy atom. The molecule has 0 aliphatic heterocycles. The fourth-order valence-corrected chi connectivity index (χ4v) is 1.83. The van der Waals surface area contributed by atoms with Crippen LogP contribution in [0.2, 0.25) is 5.02 Å². The molecule has 0 spiro atoms. The van der Waals surface area contributed by atoms with Crippen molar-refractivity contribution < 1.29 is 24.2 Å². The number of benzene rings is 1. The Balaban J connectivity index is 2.83. The first-order valence-corrected chi connectivity index (χ1v) is 7.41. The molecule has 1 rings (SSSR count). The van der Waals surface area contributed by atoms with Crippen LogP contribution in [0.15, 0.2) is 29.8 Å². The lowest BCUT2D eigenvalue weighted by atomic mass is 10.1. The summed E-state index contributed by atoms with van der Waals surface area (Å²) in [5.41, 5.74) is 0.810. The van der Waals surface area contributed by atoms with Gasteiger partial charge in [0.1, 0.15) is 5.75 Å². The van der Waals surface area contributed by atoms with Gasteiger partial charge in [0, 0.05) is 11.8 Å². The molecule has 0 fully saturated rings. The fraction of sp³-hybridized carbons (Fsp3) is 0.375. The van der Waals surface area contributed by atoms with Crippen LogP contribution < -0.4 is 10.1 Å². The summed E-state index contributed by atoms with van der Waals surface area (Å²) in [5.74, 6) is -0.824. The third kappa shape index (κ3) is 5.83. The maximum Gasteiger partial charge on any atom is 0.412 e. The number of nitrogens with one attached hydrogen (secondary N) is 1. The number of rotatable bonds is 6. The molecule has 0 aliphatic carbocycles. The van der Waals surface area contributed by atoms with Gasteiger partial charge in [-0.05, 0) is 45.4 Å². The average Bonchev–Trinajstić information content (AvgIpc) is 2.46. The van der Waals surface area contributed by atoms with Crippen molar-refractivity contribution in [3.8, 4) is 5.75 Å². The van der Waals surface area contributed by atoms with Crippen LogP contribution in [0.5, 0.6) is 5.75 Å². The minimum absolute atomic E-state index is 0.0802. The molecule has 0 aromatic heterocycles. The summed E-state index contributed by atoms with van der Waals surface area (Å²) in [6, 6.07) is 4.68. The quantitative estimate of drug-likeness (QED) is 0.761. The molecule has 7 heteroatoms. The van der Waals surface area contributed by atoms with Crippen LogP contribution in [0, 0.1) is 0 Å². The molecule has 0 saturated carbocycles. The van der Waals surface area contributed by atoms with E-state index < -0.39 is 18.2 Å². The Hall–Kier alpha value is -2.21. The summed E-state index contributed by atoms with van der Waals surface area (Å²) in [6.45, 7) is 6.94. The number of hydrogen-bond donors (Lipinski definition) is 2. The van der Waals surface area contributed by atoms with Crippen LogP contribution >= 0.6 is 11.6 Å². The second-order valence-electron chi connectivity index (χ2n) is 5.09. The lowest BCUT2D eigenvalue weighted by molar-refractivity contribution is -0.144. The van der Waals surface area contributed by atoms with E-state index in [-0.39, 0.29) is 6.10 Å². The molecule has 23 heavy (non-hydrogen) atoms. The van der Waals surface area contributed by atoms with E-state index in [0.29, 0.717) is 22.0 Å². The highest BCUT2D eigenvalue weighted by molar-refractivity contribution is 6.32. The summed E-state index contributed by atoms with van der Waals surface area (Å²) in [6.07, 6.45) is -0.721. The van der Waals surface area contributed by atoms with Gasteiger partial charge in [0.15, 0.2) is 0 Å². The Morgan fingerprint density at radius 2 is 2.00 bits per heavy atom. The predicted octanol–water partition coefficient (Wildman–Crippen LogP) is 4.10. The Kier molecular flexibility index (Phi) is 6.90. The lowest BCUT2D eigenvalue weighted by Gasteiger charge is -2.16. The van der Waals surface area contributed by atoms with E-state index in [1.54, 1.807) is 38.1 Å². The van der Waals surface area contributed by atoms with Crippen LogP contribution in [0.4, 0.5) is 10.5 Å². The van der Waals surface area contributed by atoms with E-state index in [4.69, 9.17) is 26.2 Å². The number of anilines is 1. The maximum atomic E-state index is 11.9. The lowest BCUT2D eigenvalue weighted by Crippen LogP contribution is -2.30. The van der Waals surface area contributed by atoms with E-state index in [1.807, 2.05) is 13.8 Å². The summed E-state index contributed by atoms with van der Waals surface area (Å²) < 4.78 is 10.4. The molecule has 1 aromatic carbocycles. The third-order valence-electron chi connectivity index (χ3n) is 2.86. The molecule has 2 N–H and O–H groups in total. The number of carboxylic acids is 1. The number of hydrogen-bond acceptors (Lipinski definition) is 4. The Morgan fingerprint density at radius 1 is 1.35 bits per heavy atom. The van der Waals surface area contributed by atoms with Crippen LogP contribution in [0.1, 0.15) is 27.7 Å². The third-order valence-corrected chi connectivity index (χ3v) is 3.17. The van der Waals surface area contributed by atoms with E-state index in [0.717, 1.165) is 0 Å². The molecule has 0 heterocycles. The molecule has 126 valence electrons. The summed E-state index contributed by atoms with van der Waals surface area (Å²) in [5, 5.41) is 12.0. The van der Waals surface area contributed by atoms with Crippen LogP contribution in [0.25, 0.3) is 0 Å². The molecule has 1 aromatic rings. The van der Waals surface area contributed by atoms with Crippen LogP contribution in [-0.4, -0.2) is 29.4 Å². The highest BCUT2D eigenvalue weighted by Crippen LogP contribution is 2.28. The zero-order valence-electron chi connectivity index (χ0n) is 13.4. The number of carbonyl (C=O) groups excluding carboxylic acids is 1. The first kappa shape index (κ1) is 18.8. The largest absolute Gasteiger partial charge is 0.489 e. The van der Waals surface area contributed by atoms with E-state index in [2.05, 4.69) is 5.32 Å². The number of carbonyl (C=O) groups is 2. The number of aliphatic carboxylic acids is 1. The van der Waals surface area contributed by atoms with Crippen molar-refractivity contribution in [1.82, 2.24) is 0 Å². The summed E-state index contributed by atoms with van der Waals surface area (Å²) in [7, 11) is 0. The maximum absolute atomic E-state index is 11.9. The zero-order valence-corrected chi connectivity index (χ0v) is 14.2. The van der Waals surface area contributed by atoms with Gasteiger partial charge in [0.05, 0.1) is 11.1 Å². The van der Waals surface area contributed by atoms with Gasteiger partial charge in [-0.2, -0.15) is 0 Å². The molecule has 0 saturated heterocycles. The topological polar surface area (TPSA) is 84.9 Å². The number of allylic oxidation sites excluding steroid dienone is 1. The van der Waals surface area contributed by atoms with Gasteiger partial charge in [0.2, 0.25) is 6.10 Å². The van der Waals surface area contributed by atoms with Crippen molar-refractivity contribution in [3.05, 3.63) is 34.9 Å². The molecule has 0 radical (unpaired) electrons. The van der Waals surface area contributed by atoms with Gasteiger partial charge in [-0.15, -0.1) is 0 Å². The minimum Gasteiger partial charge on any atom is -0.489 e. The average molecular weight is 342 g/mol. The molecular weight excluding hydrogens is 322 g/mol. The normalized spacial score (nSPS) is 12.7. The van der Waals surface area contributed by atoms with Crippen molar-refractivity contribution in [2.75, 3.05) is 5.32 Å². The van der Waals surface area contributed by atoms with Gasteiger partial charge >= 0.3 is 12.1 Å². The second-order valence-corrected chi connectivity index (χ2v) is 5.50. The van der Waals surface area contributed by atoms with Gasteiger partial charge in [-0.25, -0.2) is 9.59 Å². The monoisotopic (exact) mass is 341 g/mol.